The van der Waals surface area contributed by atoms with Crippen LogP contribution in [0.25, 0.3) is 11.4 Å². The van der Waals surface area contributed by atoms with Gasteiger partial charge in [0.15, 0.2) is 5.82 Å². The van der Waals surface area contributed by atoms with Crippen LogP contribution >= 0.6 is 11.8 Å². The number of nitrogens with zero attached hydrogens (tertiary/aromatic N) is 4. The Morgan fingerprint density at radius 3 is 2.78 bits per heavy atom. The number of nitrogens with two attached hydrogens (primary N) is 1. The highest BCUT2D eigenvalue weighted by molar-refractivity contribution is 7.99. The lowest BCUT2D eigenvalue weighted by Crippen LogP contribution is -2.18. The van der Waals surface area contributed by atoms with Crippen molar-refractivity contribution < 1.29 is 4.79 Å². The number of para-hydroxylation sites is 1. The maximum absolute atomic E-state index is 12.5. The Hall–Kier alpha value is -2.87. The quantitative estimate of drug-likeness (QED) is 0.502. The molecule has 3 N–H and O–H groups in total. The molecule has 0 saturated carbocycles. The number of thioether (sulfide) groups is 1. The minimum atomic E-state index is -0.109. The molecule has 1 amide bonds. The minimum absolute atomic E-state index is 0.109. The molecule has 0 bridgehead atoms. The van der Waals surface area contributed by atoms with Gasteiger partial charge in [0, 0.05) is 23.6 Å². The zero-order valence-corrected chi connectivity index (χ0v) is 16.3. The molecule has 0 aliphatic rings. The number of anilines is 1. The van der Waals surface area contributed by atoms with Crippen molar-refractivity contribution in [2.75, 3.05) is 16.9 Å². The first-order valence-corrected chi connectivity index (χ1v) is 9.59. The number of hydrogen-bond donors (Lipinski definition) is 2. The largest absolute Gasteiger partial charge is 0.335 e. The van der Waals surface area contributed by atoms with Crippen molar-refractivity contribution in [1.82, 2.24) is 19.9 Å². The van der Waals surface area contributed by atoms with Gasteiger partial charge in [-0.1, -0.05) is 43.8 Å². The van der Waals surface area contributed by atoms with E-state index in [1.165, 1.54) is 16.4 Å². The Balaban J connectivity index is 1.68. The number of pyridine rings is 1. The van der Waals surface area contributed by atoms with Crippen molar-refractivity contribution in [2.45, 2.75) is 31.8 Å². The molecule has 0 aliphatic heterocycles. The fourth-order valence-corrected chi connectivity index (χ4v) is 3.37. The number of amides is 1. The molecule has 0 spiro atoms. The Morgan fingerprint density at radius 1 is 1.26 bits per heavy atom. The summed E-state index contributed by atoms with van der Waals surface area (Å²) in [5, 5.41) is 11.7. The standard InChI is InChI=1S/C19H22N6OS/c1-12(2)15-8-4-6-13(3)17(15)22-16(26)11-27-19-24-23-18(25(19)20)14-7-5-9-21-10-14/h4-10,12H,11,20H2,1-3H3,(H,22,26). The number of aromatic nitrogens is 4. The highest BCUT2D eigenvalue weighted by atomic mass is 32.2. The monoisotopic (exact) mass is 382 g/mol. The van der Waals surface area contributed by atoms with Gasteiger partial charge in [-0.05, 0) is 36.1 Å². The number of hydrogen-bond acceptors (Lipinski definition) is 6. The maximum atomic E-state index is 12.5. The van der Waals surface area contributed by atoms with Crippen LogP contribution in [0.4, 0.5) is 5.69 Å². The van der Waals surface area contributed by atoms with Gasteiger partial charge < -0.3 is 11.2 Å². The number of benzene rings is 1. The summed E-state index contributed by atoms with van der Waals surface area (Å²) in [5.41, 5.74) is 3.81. The summed E-state index contributed by atoms with van der Waals surface area (Å²) in [4.78, 5) is 16.5. The lowest BCUT2D eigenvalue weighted by atomic mass is 9.98. The van der Waals surface area contributed by atoms with Crippen molar-refractivity contribution in [3.05, 3.63) is 53.9 Å². The number of carbonyl (C=O) groups is 1. The van der Waals surface area contributed by atoms with Crippen LogP contribution in [0.5, 0.6) is 0 Å². The molecule has 0 radical (unpaired) electrons. The zero-order valence-electron chi connectivity index (χ0n) is 15.5. The SMILES string of the molecule is Cc1cccc(C(C)C)c1NC(=O)CSc1nnc(-c2cccnc2)n1N. The molecular formula is C19H22N6OS. The normalized spacial score (nSPS) is 11.0. The molecule has 0 unspecified atom stereocenters. The minimum Gasteiger partial charge on any atom is -0.335 e. The number of rotatable bonds is 6. The highest BCUT2D eigenvalue weighted by Gasteiger charge is 2.16. The van der Waals surface area contributed by atoms with Gasteiger partial charge in [0.2, 0.25) is 11.1 Å². The zero-order chi connectivity index (χ0) is 19.4. The van der Waals surface area contributed by atoms with Crippen LogP contribution in [-0.2, 0) is 4.79 Å². The summed E-state index contributed by atoms with van der Waals surface area (Å²) in [7, 11) is 0. The van der Waals surface area contributed by atoms with Gasteiger partial charge >= 0.3 is 0 Å². The van der Waals surface area contributed by atoms with Crippen molar-refractivity contribution in [3.63, 3.8) is 0 Å². The fraction of sp³-hybridized carbons (Fsp3) is 0.263. The molecule has 0 aliphatic carbocycles. The van der Waals surface area contributed by atoms with Crippen molar-refractivity contribution in [1.29, 1.82) is 0 Å². The van der Waals surface area contributed by atoms with E-state index in [-0.39, 0.29) is 11.7 Å². The van der Waals surface area contributed by atoms with Gasteiger partial charge in [0.05, 0.1) is 5.75 Å². The van der Waals surface area contributed by atoms with E-state index < -0.39 is 0 Å². The summed E-state index contributed by atoms with van der Waals surface area (Å²) >= 11 is 1.24. The predicted octanol–water partition coefficient (Wildman–Crippen LogP) is 3.22. The molecule has 0 atom stereocenters. The van der Waals surface area contributed by atoms with Crippen LogP contribution < -0.4 is 11.2 Å². The molecule has 2 aromatic heterocycles. The Kier molecular flexibility index (Phi) is 5.75. The van der Waals surface area contributed by atoms with Gasteiger partial charge in [0.1, 0.15) is 0 Å². The Labute approximate surface area is 162 Å². The maximum Gasteiger partial charge on any atom is 0.234 e. The molecule has 3 rings (SSSR count). The van der Waals surface area contributed by atoms with Crippen LogP contribution in [0.2, 0.25) is 0 Å². The van der Waals surface area contributed by atoms with Gasteiger partial charge in [-0.15, -0.1) is 10.2 Å². The average Bonchev–Trinajstić information content (AvgIpc) is 3.02. The second kappa shape index (κ2) is 8.22. The molecule has 7 nitrogen and oxygen atoms in total. The smallest absolute Gasteiger partial charge is 0.234 e. The first-order chi connectivity index (χ1) is 13.0. The molecule has 8 heteroatoms. The molecule has 27 heavy (non-hydrogen) atoms. The van der Waals surface area contributed by atoms with Crippen molar-refractivity contribution in [2.24, 2.45) is 0 Å². The number of aryl methyl sites for hydroxylation is 1. The van der Waals surface area contributed by atoms with E-state index in [4.69, 9.17) is 5.84 Å². The van der Waals surface area contributed by atoms with E-state index in [0.717, 1.165) is 22.4 Å². The third-order valence-corrected chi connectivity index (χ3v) is 5.05. The predicted molar refractivity (Wildman–Crippen MR) is 108 cm³/mol. The fourth-order valence-electron chi connectivity index (χ4n) is 2.72. The summed E-state index contributed by atoms with van der Waals surface area (Å²) in [5.74, 6) is 6.98. The van der Waals surface area contributed by atoms with E-state index in [0.29, 0.717) is 16.9 Å². The van der Waals surface area contributed by atoms with E-state index >= 15 is 0 Å². The third kappa shape index (κ3) is 4.28. The summed E-state index contributed by atoms with van der Waals surface area (Å²) in [6, 6.07) is 9.69. The summed E-state index contributed by atoms with van der Waals surface area (Å²) in [6.45, 7) is 6.21. The molecule has 3 aromatic rings. The molecule has 0 fully saturated rings. The second-order valence-corrected chi connectivity index (χ2v) is 7.39. The van der Waals surface area contributed by atoms with Crippen molar-refractivity contribution >= 4 is 23.4 Å². The first kappa shape index (κ1) is 18.9. The van der Waals surface area contributed by atoms with Crippen LogP contribution in [0.15, 0.2) is 47.9 Å². The van der Waals surface area contributed by atoms with Gasteiger partial charge in [-0.2, -0.15) is 0 Å². The van der Waals surface area contributed by atoms with Gasteiger partial charge in [0.25, 0.3) is 0 Å². The first-order valence-electron chi connectivity index (χ1n) is 8.60. The van der Waals surface area contributed by atoms with E-state index in [2.05, 4.69) is 34.3 Å². The molecule has 1 aromatic carbocycles. The Morgan fingerprint density at radius 2 is 2.07 bits per heavy atom. The van der Waals surface area contributed by atoms with Crippen molar-refractivity contribution in [3.8, 4) is 11.4 Å². The van der Waals surface area contributed by atoms with Crippen LogP contribution in [0.3, 0.4) is 0 Å². The summed E-state index contributed by atoms with van der Waals surface area (Å²) in [6.07, 6.45) is 3.35. The average molecular weight is 382 g/mol. The second-order valence-electron chi connectivity index (χ2n) is 6.45. The number of nitrogens with one attached hydrogen (secondary N) is 1. The topological polar surface area (TPSA) is 98.7 Å². The highest BCUT2D eigenvalue weighted by Crippen LogP contribution is 2.28. The molecular weight excluding hydrogens is 360 g/mol. The lowest BCUT2D eigenvalue weighted by molar-refractivity contribution is -0.113. The van der Waals surface area contributed by atoms with Crippen LogP contribution in [-0.4, -0.2) is 31.5 Å². The lowest BCUT2D eigenvalue weighted by Gasteiger charge is -2.16. The number of carbonyl (C=O) groups excluding carboxylic acids is 1. The Bertz CT molecular complexity index is 939. The van der Waals surface area contributed by atoms with Gasteiger partial charge in [-0.3, -0.25) is 9.78 Å². The molecule has 2 heterocycles. The van der Waals surface area contributed by atoms with Crippen LogP contribution in [0, 0.1) is 6.92 Å². The molecule has 140 valence electrons. The van der Waals surface area contributed by atoms with Gasteiger partial charge in [-0.25, -0.2) is 4.68 Å². The number of nitrogen functional groups attached to an aromatic ring is 1. The third-order valence-electron chi connectivity index (χ3n) is 4.11. The molecule has 0 saturated heterocycles. The van der Waals surface area contributed by atoms with E-state index in [1.54, 1.807) is 18.5 Å². The van der Waals surface area contributed by atoms with E-state index in [1.807, 2.05) is 31.2 Å². The van der Waals surface area contributed by atoms with E-state index in [9.17, 15) is 4.79 Å². The summed E-state index contributed by atoms with van der Waals surface area (Å²) < 4.78 is 1.38. The van der Waals surface area contributed by atoms with Crippen LogP contribution in [0.1, 0.15) is 30.9 Å².